The quantitative estimate of drug-likeness (QED) is 0.433. The molecule has 128 valence electrons. The number of halogens is 1. The Morgan fingerprint density at radius 1 is 1.16 bits per heavy atom. The Balaban J connectivity index is 1.83. The molecule has 4 nitrogen and oxygen atoms in total. The third kappa shape index (κ3) is 4.02. The first-order valence-corrected chi connectivity index (χ1v) is 9.57. The number of hydrogen-bond donors (Lipinski definition) is 0. The molecule has 1 atom stereocenters. The zero-order valence-corrected chi connectivity index (χ0v) is 16.6. The second-order valence-electron chi connectivity index (χ2n) is 5.90. The van der Waals surface area contributed by atoms with Gasteiger partial charge in [0.1, 0.15) is 6.33 Å². The maximum atomic E-state index is 12.6. The summed E-state index contributed by atoms with van der Waals surface area (Å²) in [6.45, 7) is 6.03. The van der Waals surface area contributed by atoms with Gasteiger partial charge >= 0.3 is 0 Å². The van der Waals surface area contributed by atoms with Gasteiger partial charge in [-0.3, -0.25) is 9.36 Å². The number of thioether (sulfide) groups is 1. The lowest BCUT2D eigenvalue weighted by Gasteiger charge is -2.13. The summed E-state index contributed by atoms with van der Waals surface area (Å²) in [4.78, 5) is 12.6. The summed E-state index contributed by atoms with van der Waals surface area (Å²) in [5.41, 5.74) is 4.08. The SMILES string of the molecule is Cc1ccc(-n2cnnc2SC(C)C(=O)c2ccc(Br)cc2)c(C)c1. The van der Waals surface area contributed by atoms with E-state index in [-0.39, 0.29) is 11.0 Å². The van der Waals surface area contributed by atoms with Crippen LogP contribution in [-0.2, 0) is 0 Å². The minimum atomic E-state index is -0.255. The number of carbonyl (C=O) groups excluding carboxylic acids is 1. The zero-order chi connectivity index (χ0) is 18.0. The highest BCUT2D eigenvalue weighted by Crippen LogP contribution is 2.27. The van der Waals surface area contributed by atoms with E-state index in [1.807, 2.05) is 35.8 Å². The standard InChI is InChI=1S/C19H18BrN3OS/c1-12-4-9-17(13(2)10-12)23-11-21-22-19(23)25-14(3)18(24)15-5-7-16(20)8-6-15/h4-11,14H,1-3H3. The molecular weight excluding hydrogens is 398 g/mol. The Hall–Kier alpha value is -1.92. The van der Waals surface area contributed by atoms with Gasteiger partial charge in [0.25, 0.3) is 0 Å². The molecule has 1 aromatic heterocycles. The zero-order valence-electron chi connectivity index (χ0n) is 14.2. The van der Waals surface area contributed by atoms with Gasteiger partial charge in [0, 0.05) is 10.0 Å². The van der Waals surface area contributed by atoms with E-state index in [0.29, 0.717) is 10.7 Å². The van der Waals surface area contributed by atoms with E-state index in [0.717, 1.165) is 15.7 Å². The topological polar surface area (TPSA) is 47.8 Å². The molecule has 1 heterocycles. The van der Waals surface area contributed by atoms with Gasteiger partial charge in [-0.2, -0.15) is 0 Å². The van der Waals surface area contributed by atoms with Crippen LogP contribution >= 0.6 is 27.7 Å². The third-order valence-electron chi connectivity index (χ3n) is 3.91. The fourth-order valence-electron chi connectivity index (χ4n) is 2.61. The van der Waals surface area contributed by atoms with Crippen LogP contribution in [-0.4, -0.2) is 25.8 Å². The van der Waals surface area contributed by atoms with Crippen LogP contribution < -0.4 is 0 Å². The molecule has 0 N–H and O–H groups in total. The predicted molar refractivity (Wildman–Crippen MR) is 105 cm³/mol. The minimum absolute atomic E-state index is 0.0766. The second-order valence-corrected chi connectivity index (χ2v) is 8.13. The molecule has 0 bridgehead atoms. The highest BCUT2D eigenvalue weighted by atomic mass is 79.9. The molecule has 0 saturated heterocycles. The van der Waals surface area contributed by atoms with E-state index < -0.39 is 0 Å². The first-order valence-electron chi connectivity index (χ1n) is 7.90. The maximum absolute atomic E-state index is 12.6. The van der Waals surface area contributed by atoms with Crippen molar-refractivity contribution in [3.8, 4) is 5.69 Å². The van der Waals surface area contributed by atoms with Crippen LogP contribution in [0.2, 0.25) is 0 Å². The molecular formula is C19H18BrN3OS. The number of Topliss-reactive ketones (excluding diaryl/α,β-unsaturated/α-hetero) is 1. The van der Waals surface area contributed by atoms with Gasteiger partial charge in [-0.1, -0.05) is 57.5 Å². The molecule has 0 amide bonds. The molecule has 3 rings (SSSR count). The van der Waals surface area contributed by atoms with Gasteiger partial charge in [0.2, 0.25) is 0 Å². The van der Waals surface area contributed by atoms with Crippen LogP contribution in [0.4, 0.5) is 0 Å². The van der Waals surface area contributed by atoms with Crippen LogP contribution in [0.15, 0.2) is 58.4 Å². The maximum Gasteiger partial charge on any atom is 0.196 e. The molecule has 2 aromatic carbocycles. The number of hydrogen-bond acceptors (Lipinski definition) is 4. The first-order chi connectivity index (χ1) is 12.0. The van der Waals surface area contributed by atoms with Gasteiger partial charge in [-0.05, 0) is 44.5 Å². The monoisotopic (exact) mass is 415 g/mol. The lowest BCUT2D eigenvalue weighted by Crippen LogP contribution is -2.14. The lowest BCUT2D eigenvalue weighted by atomic mass is 10.1. The molecule has 1 unspecified atom stereocenters. The number of aryl methyl sites for hydroxylation is 2. The number of ketones is 1. The smallest absolute Gasteiger partial charge is 0.196 e. The van der Waals surface area contributed by atoms with Crippen LogP contribution in [0.3, 0.4) is 0 Å². The molecule has 3 aromatic rings. The molecule has 0 spiro atoms. The number of rotatable bonds is 5. The number of nitrogens with zero attached hydrogens (tertiary/aromatic N) is 3. The van der Waals surface area contributed by atoms with Crippen molar-refractivity contribution < 1.29 is 4.79 Å². The van der Waals surface area contributed by atoms with E-state index in [4.69, 9.17) is 0 Å². The average Bonchev–Trinajstić information content (AvgIpc) is 3.02. The second kappa shape index (κ2) is 7.54. The third-order valence-corrected chi connectivity index (χ3v) is 5.49. The van der Waals surface area contributed by atoms with Crippen molar-refractivity contribution in [1.82, 2.24) is 14.8 Å². The van der Waals surface area contributed by atoms with Gasteiger partial charge < -0.3 is 0 Å². The minimum Gasteiger partial charge on any atom is -0.293 e. The average molecular weight is 416 g/mol. The van der Waals surface area contributed by atoms with Gasteiger partial charge in [0.05, 0.1) is 10.9 Å². The fourth-order valence-corrected chi connectivity index (χ4v) is 3.78. The molecule has 25 heavy (non-hydrogen) atoms. The van der Waals surface area contributed by atoms with Crippen molar-refractivity contribution in [2.45, 2.75) is 31.2 Å². The first kappa shape index (κ1) is 17.9. The predicted octanol–water partition coefficient (Wildman–Crippen LogP) is 5.01. The summed E-state index contributed by atoms with van der Waals surface area (Å²) in [5.74, 6) is 0.0766. The fraction of sp³-hybridized carbons (Fsp3) is 0.211. The Bertz CT molecular complexity index is 905. The van der Waals surface area contributed by atoms with Crippen molar-refractivity contribution in [3.05, 3.63) is 70.0 Å². The molecule has 0 radical (unpaired) electrons. The molecule has 0 aliphatic carbocycles. The van der Waals surface area contributed by atoms with E-state index in [9.17, 15) is 4.79 Å². The lowest BCUT2D eigenvalue weighted by molar-refractivity contribution is 0.0994. The van der Waals surface area contributed by atoms with Gasteiger partial charge in [-0.25, -0.2) is 0 Å². The largest absolute Gasteiger partial charge is 0.293 e. The summed E-state index contributed by atoms with van der Waals surface area (Å²) in [6.07, 6.45) is 1.69. The Labute approximate surface area is 159 Å². The summed E-state index contributed by atoms with van der Waals surface area (Å²) in [7, 11) is 0. The summed E-state index contributed by atoms with van der Waals surface area (Å²) in [5, 5.41) is 8.69. The van der Waals surface area contributed by atoms with Crippen LogP contribution in [0.1, 0.15) is 28.4 Å². The Morgan fingerprint density at radius 2 is 1.88 bits per heavy atom. The normalized spacial score (nSPS) is 12.2. The molecule has 6 heteroatoms. The summed E-state index contributed by atoms with van der Waals surface area (Å²) in [6, 6.07) is 13.7. The molecule has 0 aliphatic rings. The van der Waals surface area contributed by atoms with Crippen LogP contribution in [0, 0.1) is 13.8 Å². The molecule has 0 fully saturated rings. The van der Waals surface area contributed by atoms with E-state index in [1.54, 1.807) is 6.33 Å². The van der Waals surface area contributed by atoms with Crippen LogP contribution in [0.5, 0.6) is 0 Å². The van der Waals surface area contributed by atoms with Gasteiger partial charge in [0.15, 0.2) is 10.9 Å². The van der Waals surface area contributed by atoms with Crippen molar-refractivity contribution in [2.75, 3.05) is 0 Å². The summed E-state index contributed by atoms with van der Waals surface area (Å²) < 4.78 is 2.89. The molecule has 0 saturated carbocycles. The van der Waals surface area contributed by atoms with Crippen molar-refractivity contribution >= 4 is 33.5 Å². The summed E-state index contributed by atoms with van der Waals surface area (Å²) >= 11 is 4.81. The van der Waals surface area contributed by atoms with Crippen molar-refractivity contribution in [3.63, 3.8) is 0 Å². The van der Waals surface area contributed by atoms with Crippen molar-refractivity contribution in [2.24, 2.45) is 0 Å². The van der Waals surface area contributed by atoms with Crippen molar-refractivity contribution in [1.29, 1.82) is 0 Å². The Kier molecular flexibility index (Phi) is 5.39. The molecule has 0 aliphatic heterocycles. The number of carbonyl (C=O) groups is 1. The Morgan fingerprint density at radius 3 is 2.56 bits per heavy atom. The number of aromatic nitrogens is 3. The highest BCUT2D eigenvalue weighted by molar-refractivity contribution is 9.10. The number of benzene rings is 2. The van der Waals surface area contributed by atoms with E-state index in [2.05, 4.69) is 58.2 Å². The van der Waals surface area contributed by atoms with E-state index in [1.165, 1.54) is 17.3 Å². The highest BCUT2D eigenvalue weighted by Gasteiger charge is 2.20. The van der Waals surface area contributed by atoms with Crippen LogP contribution in [0.25, 0.3) is 5.69 Å². The van der Waals surface area contributed by atoms with E-state index >= 15 is 0 Å². The van der Waals surface area contributed by atoms with Gasteiger partial charge in [-0.15, -0.1) is 10.2 Å².